The second kappa shape index (κ2) is 12.8. The van der Waals surface area contributed by atoms with Crippen molar-refractivity contribution in [2.45, 2.75) is 39.3 Å². The highest BCUT2D eigenvalue weighted by Crippen LogP contribution is 2.28. The fraction of sp³-hybridized carbons (Fsp3) is 0.500. The molecule has 12 heteroatoms. The van der Waals surface area contributed by atoms with Crippen molar-refractivity contribution in [2.75, 3.05) is 49.2 Å². The highest BCUT2D eigenvalue weighted by molar-refractivity contribution is 7.99. The van der Waals surface area contributed by atoms with E-state index in [1.807, 2.05) is 45.9 Å². The van der Waals surface area contributed by atoms with E-state index >= 15 is 0 Å². The van der Waals surface area contributed by atoms with Gasteiger partial charge in [0.1, 0.15) is 0 Å². The Labute approximate surface area is 203 Å². The first kappa shape index (κ1) is 25.3. The van der Waals surface area contributed by atoms with E-state index in [1.54, 1.807) is 4.40 Å². The van der Waals surface area contributed by atoms with Gasteiger partial charge in [-0.25, -0.2) is 4.40 Å². The van der Waals surface area contributed by atoms with Crippen LogP contribution < -0.4 is 25.4 Å². The molecule has 0 atom stereocenters. The average Bonchev–Trinajstić information content (AvgIpc) is 3.23. The standard InChI is InChI=1S/C22H32N8O3S/c1-5-23-19-26-20(24-6-2)30-21(27-19)28-29-22(30)34-14-18(31)25-12-11-15-9-10-16(32-7-3)17(13-15)33-8-4/h9-10,13H,5-8,11-12,14H2,1-4H3,(H,25,31)(H2,23,24,26,27,28). The maximum absolute atomic E-state index is 12.4. The van der Waals surface area contributed by atoms with Crippen molar-refractivity contribution in [3.05, 3.63) is 23.8 Å². The summed E-state index contributed by atoms with van der Waals surface area (Å²) in [6.45, 7) is 10.8. The van der Waals surface area contributed by atoms with E-state index in [0.29, 0.717) is 62.1 Å². The lowest BCUT2D eigenvalue weighted by Crippen LogP contribution is -2.27. The Morgan fingerprint density at radius 3 is 2.50 bits per heavy atom. The zero-order valence-corrected chi connectivity index (χ0v) is 20.9. The van der Waals surface area contributed by atoms with Gasteiger partial charge in [-0.15, -0.1) is 10.2 Å². The number of amides is 1. The van der Waals surface area contributed by atoms with Crippen molar-refractivity contribution >= 4 is 35.3 Å². The topological polar surface area (TPSA) is 128 Å². The molecule has 3 N–H and O–H groups in total. The summed E-state index contributed by atoms with van der Waals surface area (Å²) in [5.41, 5.74) is 1.06. The third-order valence-electron chi connectivity index (χ3n) is 4.59. The molecule has 0 spiro atoms. The highest BCUT2D eigenvalue weighted by Gasteiger charge is 2.16. The van der Waals surface area contributed by atoms with Crippen molar-refractivity contribution in [3.8, 4) is 11.5 Å². The van der Waals surface area contributed by atoms with Gasteiger partial charge < -0.3 is 25.4 Å². The van der Waals surface area contributed by atoms with Crippen molar-refractivity contribution in [3.63, 3.8) is 0 Å². The van der Waals surface area contributed by atoms with E-state index in [9.17, 15) is 4.79 Å². The number of hydrogen-bond acceptors (Lipinski definition) is 10. The molecule has 0 saturated heterocycles. The Morgan fingerprint density at radius 1 is 1.00 bits per heavy atom. The molecular weight excluding hydrogens is 456 g/mol. The molecule has 34 heavy (non-hydrogen) atoms. The number of ether oxygens (including phenoxy) is 2. The first-order valence-corrected chi connectivity index (χ1v) is 12.5. The van der Waals surface area contributed by atoms with Crippen molar-refractivity contribution in [1.82, 2.24) is 29.9 Å². The van der Waals surface area contributed by atoms with Crippen LogP contribution in [0.15, 0.2) is 23.4 Å². The predicted molar refractivity (Wildman–Crippen MR) is 133 cm³/mol. The van der Waals surface area contributed by atoms with Crippen molar-refractivity contribution in [1.29, 1.82) is 0 Å². The van der Waals surface area contributed by atoms with Crippen LogP contribution in [-0.2, 0) is 11.2 Å². The molecule has 3 rings (SSSR count). The quantitative estimate of drug-likeness (QED) is 0.291. The summed E-state index contributed by atoms with van der Waals surface area (Å²) in [6.07, 6.45) is 0.683. The number of fused-ring (bicyclic) bond motifs is 1. The van der Waals surface area contributed by atoms with E-state index < -0.39 is 0 Å². The van der Waals surface area contributed by atoms with Gasteiger partial charge in [0.15, 0.2) is 16.7 Å². The number of anilines is 2. The molecule has 11 nitrogen and oxygen atoms in total. The summed E-state index contributed by atoms with van der Waals surface area (Å²) < 4.78 is 13.0. The van der Waals surface area contributed by atoms with E-state index in [2.05, 4.69) is 36.1 Å². The Kier molecular flexibility index (Phi) is 9.56. The second-order valence-electron chi connectivity index (χ2n) is 7.09. The van der Waals surface area contributed by atoms with E-state index in [4.69, 9.17) is 9.47 Å². The summed E-state index contributed by atoms with van der Waals surface area (Å²) >= 11 is 1.29. The SMILES string of the molecule is CCNc1nc(NCC)n2c(SCC(=O)NCCc3ccc(OCC)c(OCC)c3)nnc2n1. The Bertz CT molecular complexity index is 1090. The number of carbonyl (C=O) groups excluding carboxylic acids is 1. The number of nitrogens with one attached hydrogen (secondary N) is 3. The molecule has 0 aliphatic rings. The van der Waals surface area contributed by atoms with Gasteiger partial charge in [-0.3, -0.25) is 4.79 Å². The monoisotopic (exact) mass is 488 g/mol. The molecule has 0 bridgehead atoms. The normalized spacial score (nSPS) is 10.8. The largest absolute Gasteiger partial charge is 0.490 e. The molecule has 0 aliphatic carbocycles. The van der Waals surface area contributed by atoms with Gasteiger partial charge in [0.25, 0.3) is 5.78 Å². The van der Waals surface area contributed by atoms with Crippen LogP contribution in [0.2, 0.25) is 0 Å². The molecule has 0 unspecified atom stereocenters. The lowest BCUT2D eigenvalue weighted by Gasteiger charge is -2.12. The molecule has 0 fully saturated rings. The number of thioether (sulfide) groups is 1. The molecule has 0 saturated carbocycles. The smallest absolute Gasteiger partial charge is 0.261 e. The molecule has 0 aliphatic heterocycles. The third kappa shape index (κ3) is 6.62. The molecule has 184 valence electrons. The van der Waals surface area contributed by atoms with Gasteiger partial charge in [-0.05, 0) is 51.8 Å². The zero-order valence-electron chi connectivity index (χ0n) is 20.1. The molecule has 3 aromatic rings. The van der Waals surface area contributed by atoms with Gasteiger partial charge >= 0.3 is 0 Å². The van der Waals surface area contributed by atoms with Crippen molar-refractivity contribution in [2.24, 2.45) is 0 Å². The average molecular weight is 489 g/mol. The number of aromatic nitrogens is 5. The fourth-order valence-electron chi connectivity index (χ4n) is 3.18. The van der Waals surface area contributed by atoms with Gasteiger partial charge in [0.2, 0.25) is 17.8 Å². The van der Waals surface area contributed by atoms with Crippen LogP contribution in [-0.4, -0.2) is 69.1 Å². The lowest BCUT2D eigenvalue weighted by molar-refractivity contribution is -0.118. The van der Waals surface area contributed by atoms with E-state index in [-0.39, 0.29) is 11.7 Å². The Hall–Kier alpha value is -3.28. The maximum Gasteiger partial charge on any atom is 0.261 e. The predicted octanol–water partition coefficient (Wildman–Crippen LogP) is 2.63. The van der Waals surface area contributed by atoms with Gasteiger partial charge in [0.05, 0.1) is 19.0 Å². The Morgan fingerprint density at radius 2 is 1.76 bits per heavy atom. The van der Waals surface area contributed by atoms with Gasteiger partial charge in [0, 0.05) is 19.6 Å². The summed E-state index contributed by atoms with van der Waals surface area (Å²) in [5.74, 6) is 3.05. The number of nitrogens with zero attached hydrogens (tertiary/aromatic N) is 5. The van der Waals surface area contributed by atoms with Crippen molar-refractivity contribution < 1.29 is 14.3 Å². The van der Waals surface area contributed by atoms with E-state index in [0.717, 1.165) is 17.1 Å². The summed E-state index contributed by atoms with van der Waals surface area (Å²) in [7, 11) is 0. The summed E-state index contributed by atoms with van der Waals surface area (Å²) in [4.78, 5) is 21.3. The maximum atomic E-state index is 12.4. The minimum absolute atomic E-state index is 0.0899. The molecule has 1 amide bonds. The first-order chi connectivity index (χ1) is 16.6. The molecular formula is C22H32N8O3S. The first-order valence-electron chi connectivity index (χ1n) is 11.5. The second-order valence-corrected chi connectivity index (χ2v) is 8.03. The molecule has 1 aromatic carbocycles. The number of hydrogen-bond donors (Lipinski definition) is 3. The van der Waals surface area contributed by atoms with Crippen LogP contribution in [0.5, 0.6) is 11.5 Å². The van der Waals surface area contributed by atoms with Crippen LogP contribution in [0.4, 0.5) is 11.9 Å². The summed E-state index contributed by atoms with van der Waals surface area (Å²) in [6, 6.07) is 5.85. The van der Waals surface area contributed by atoms with E-state index in [1.165, 1.54) is 11.8 Å². The molecule has 2 aromatic heterocycles. The third-order valence-corrected chi connectivity index (χ3v) is 5.52. The van der Waals surface area contributed by atoms with Crippen LogP contribution in [0, 0.1) is 0 Å². The minimum Gasteiger partial charge on any atom is -0.490 e. The number of rotatable bonds is 14. The van der Waals surface area contributed by atoms with Crippen LogP contribution in [0.25, 0.3) is 5.78 Å². The Balaban J connectivity index is 1.57. The van der Waals surface area contributed by atoms with Crippen LogP contribution >= 0.6 is 11.8 Å². The minimum atomic E-state index is -0.0899. The fourth-order valence-corrected chi connectivity index (χ4v) is 3.93. The van der Waals surface area contributed by atoms with Gasteiger partial charge in [-0.1, -0.05) is 17.8 Å². The lowest BCUT2D eigenvalue weighted by atomic mass is 10.1. The molecule has 2 heterocycles. The summed E-state index contributed by atoms with van der Waals surface area (Å²) in [5, 5.41) is 18.1. The van der Waals surface area contributed by atoms with Crippen LogP contribution in [0.1, 0.15) is 33.3 Å². The van der Waals surface area contributed by atoms with Gasteiger partial charge in [-0.2, -0.15) is 9.97 Å². The number of benzene rings is 1. The number of carbonyl (C=O) groups is 1. The highest BCUT2D eigenvalue weighted by atomic mass is 32.2. The molecule has 0 radical (unpaired) electrons. The van der Waals surface area contributed by atoms with Crippen LogP contribution in [0.3, 0.4) is 0 Å². The zero-order chi connectivity index (χ0) is 24.3.